The Balaban J connectivity index is 0.000000850. The van der Waals surface area contributed by atoms with Gasteiger partial charge in [-0.3, -0.25) is 19.1 Å². The first kappa shape index (κ1) is 28.6. The number of carbonyl (C=O) groups excluding carboxylic acids is 3. The minimum absolute atomic E-state index is 0.0631. The summed E-state index contributed by atoms with van der Waals surface area (Å²) in [6.07, 6.45) is 3.17. The molecule has 1 aromatic carbocycles. The number of fused-ring (bicyclic) bond motifs is 1. The summed E-state index contributed by atoms with van der Waals surface area (Å²) >= 11 is 5.85. The van der Waals surface area contributed by atoms with Crippen LogP contribution in [0.5, 0.6) is 0 Å². The SMILES string of the molecule is CC.Cc1nn(CC(=O)NC2CCC(CC(=O)Nc3cccc(Cl)n3)C2)c2ccc(N)cc12.NC=O. The molecule has 0 aliphatic heterocycles. The van der Waals surface area contributed by atoms with Gasteiger partial charge in [-0.2, -0.15) is 5.10 Å². The fourth-order valence-corrected chi connectivity index (χ4v) is 4.38. The molecule has 1 aliphatic rings. The average Bonchev–Trinajstić information content (AvgIpc) is 3.38. The highest BCUT2D eigenvalue weighted by molar-refractivity contribution is 6.29. The molecular formula is C25H34ClN7O3. The van der Waals surface area contributed by atoms with Crippen molar-refractivity contribution in [3.05, 3.63) is 47.2 Å². The second-order valence-electron chi connectivity index (χ2n) is 8.20. The number of hydrogen-bond acceptors (Lipinski definition) is 6. The van der Waals surface area contributed by atoms with E-state index in [-0.39, 0.29) is 36.7 Å². The summed E-state index contributed by atoms with van der Waals surface area (Å²) in [6, 6.07) is 10.7. The quantitative estimate of drug-likeness (QED) is 0.223. The van der Waals surface area contributed by atoms with Crippen LogP contribution in [0.1, 0.15) is 45.2 Å². The molecule has 0 spiro atoms. The van der Waals surface area contributed by atoms with Crippen LogP contribution in [0, 0.1) is 12.8 Å². The molecule has 0 radical (unpaired) electrons. The van der Waals surface area contributed by atoms with Gasteiger partial charge in [-0.25, -0.2) is 4.98 Å². The number of primary amides is 1. The highest BCUT2D eigenvalue weighted by Crippen LogP contribution is 2.29. The smallest absolute Gasteiger partial charge is 0.241 e. The Hall–Kier alpha value is -3.66. The minimum Gasteiger partial charge on any atom is -0.399 e. The average molecular weight is 516 g/mol. The molecule has 36 heavy (non-hydrogen) atoms. The zero-order chi connectivity index (χ0) is 26.7. The molecular weight excluding hydrogens is 482 g/mol. The van der Waals surface area contributed by atoms with Crippen molar-refractivity contribution in [2.45, 2.75) is 59.0 Å². The molecule has 10 nitrogen and oxygen atoms in total. The molecule has 2 heterocycles. The fourth-order valence-electron chi connectivity index (χ4n) is 4.21. The van der Waals surface area contributed by atoms with E-state index in [0.717, 1.165) is 35.9 Å². The van der Waals surface area contributed by atoms with Crippen LogP contribution in [-0.4, -0.2) is 39.0 Å². The van der Waals surface area contributed by atoms with Crippen LogP contribution < -0.4 is 22.1 Å². The molecule has 6 N–H and O–H groups in total. The van der Waals surface area contributed by atoms with E-state index >= 15 is 0 Å². The van der Waals surface area contributed by atoms with Gasteiger partial charge in [0, 0.05) is 23.5 Å². The molecule has 3 aromatic rings. The van der Waals surface area contributed by atoms with E-state index in [9.17, 15) is 9.59 Å². The largest absolute Gasteiger partial charge is 0.399 e. The van der Waals surface area contributed by atoms with Gasteiger partial charge in [0.25, 0.3) is 0 Å². The maximum atomic E-state index is 12.6. The number of nitrogen functional groups attached to an aromatic ring is 1. The lowest BCUT2D eigenvalue weighted by Gasteiger charge is -2.14. The number of hydrogen-bond donors (Lipinski definition) is 4. The molecule has 1 fully saturated rings. The first-order valence-corrected chi connectivity index (χ1v) is 12.3. The highest BCUT2D eigenvalue weighted by Gasteiger charge is 2.28. The van der Waals surface area contributed by atoms with Crippen LogP contribution in [0.25, 0.3) is 10.9 Å². The third-order valence-electron chi connectivity index (χ3n) is 5.62. The number of nitrogens with zero attached hydrogens (tertiary/aromatic N) is 3. The first-order valence-electron chi connectivity index (χ1n) is 11.9. The summed E-state index contributed by atoms with van der Waals surface area (Å²) in [5.41, 5.74) is 12.4. The number of benzene rings is 1. The predicted octanol–water partition coefficient (Wildman–Crippen LogP) is 3.42. The van der Waals surface area contributed by atoms with Gasteiger partial charge >= 0.3 is 0 Å². The third-order valence-corrected chi connectivity index (χ3v) is 5.83. The number of pyridine rings is 1. The van der Waals surface area contributed by atoms with Crippen LogP contribution >= 0.6 is 11.6 Å². The number of halogens is 1. The molecule has 1 saturated carbocycles. The van der Waals surface area contributed by atoms with E-state index in [1.807, 2.05) is 39.0 Å². The zero-order valence-electron chi connectivity index (χ0n) is 20.8. The number of aryl methyl sites for hydroxylation is 1. The topological polar surface area (TPSA) is 158 Å². The maximum absolute atomic E-state index is 12.6. The molecule has 2 atom stereocenters. The lowest BCUT2D eigenvalue weighted by atomic mass is 10.0. The highest BCUT2D eigenvalue weighted by atomic mass is 35.5. The van der Waals surface area contributed by atoms with E-state index < -0.39 is 0 Å². The maximum Gasteiger partial charge on any atom is 0.241 e. The van der Waals surface area contributed by atoms with Gasteiger partial charge in [0.15, 0.2) is 0 Å². The fraction of sp³-hybridized carbons (Fsp3) is 0.400. The number of aromatic nitrogens is 3. The Labute approximate surface area is 215 Å². The molecule has 11 heteroatoms. The summed E-state index contributed by atoms with van der Waals surface area (Å²) < 4.78 is 1.71. The van der Waals surface area contributed by atoms with Gasteiger partial charge in [-0.05, 0) is 62.4 Å². The van der Waals surface area contributed by atoms with Gasteiger partial charge in [-0.15, -0.1) is 0 Å². The standard InChI is InChI=1S/C22H25ClN6O2.C2H6.CH3NO/c1-13-17-11-15(24)6-8-18(17)29(28-13)12-22(31)25-16-7-5-14(9-16)10-21(30)27-20-4-2-3-19(23)26-20;1-2;2-1-3/h2-4,6,8,11,14,16H,5,7,9-10,12,24H2,1H3,(H,25,31)(H,26,27,30);1-2H3;1H,(H2,2,3). The molecule has 2 aromatic heterocycles. The number of nitrogens with one attached hydrogen (secondary N) is 2. The van der Waals surface area contributed by atoms with Crippen molar-refractivity contribution in [3.63, 3.8) is 0 Å². The molecule has 3 amide bonds. The lowest BCUT2D eigenvalue weighted by Crippen LogP contribution is -2.35. The summed E-state index contributed by atoms with van der Waals surface area (Å²) in [5, 5.41) is 11.6. The molecule has 0 bridgehead atoms. The van der Waals surface area contributed by atoms with E-state index in [0.29, 0.717) is 23.1 Å². The van der Waals surface area contributed by atoms with Crippen molar-refractivity contribution < 1.29 is 14.4 Å². The summed E-state index contributed by atoms with van der Waals surface area (Å²) in [4.78, 5) is 37.5. The molecule has 194 valence electrons. The molecule has 2 unspecified atom stereocenters. The number of nitrogens with two attached hydrogens (primary N) is 2. The summed E-state index contributed by atoms with van der Waals surface area (Å²) in [5.74, 6) is 0.494. The van der Waals surface area contributed by atoms with Crippen LogP contribution in [0.3, 0.4) is 0 Å². The monoisotopic (exact) mass is 515 g/mol. The van der Waals surface area contributed by atoms with Crippen LogP contribution in [-0.2, 0) is 20.9 Å². The van der Waals surface area contributed by atoms with Crippen molar-refractivity contribution in [1.82, 2.24) is 20.1 Å². The van der Waals surface area contributed by atoms with E-state index in [1.54, 1.807) is 22.9 Å². The Morgan fingerprint density at radius 1 is 1.19 bits per heavy atom. The molecule has 4 rings (SSSR count). The Morgan fingerprint density at radius 2 is 1.92 bits per heavy atom. The minimum atomic E-state index is -0.0931. The lowest BCUT2D eigenvalue weighted by molar-refractivity contribution is -0.122. The van der Waals surface area contributed by atoms with Gasteiger partial charge in [0.05, 0.1) is 11.2 Å². The third kappa shape index (κ3) is 8.23. The van der Waals surface area contributed by atoms with E-state index in [1.165, 1.54) is 0 Å². The second kappa shape index (κ2) is 14.0. The van der Waals surface area contributed by atoms with E-state index in [4.69, 9.17) is 22.1 Å². The second-order valence-corrected chi connectivity index (χ2v) is 8.58. The predicted molar refractivity (Wildman–Crippen MR) is 142 cm³/mol. The van der Waals surface area contributed by atoms with Crippen molar-refractivity contribution in [2.75, 3.05) is 11.1 Å². The van der Waals surface area contributed by atoms with E-state index in [2.05, 4.69) is 26.4 Å². The van der Waals surface area contributed by atoms with Crippen LogP contribution in [0.15, 0.2) is 36.4 Å². The normalized spacial score (nSPS) is 16.2. The van der Waals surface area contributed by atoms with Crippen molar-refractivity contribution in [1.29, 1.82) is 0 Å². The summed E-state index contributed by atoms with van der Waals surface area (Å²) in [6.45, 7) is 6.05. The molecule has 0 saturated heterocycles. The number of anilines is 2. The van der Waals surface area contributed by atoms with Crippen molar-refractivity contribution >= 4 is 52.2 Å². The van der Waals surface area contributed by atoms with Crippen molar-refractivity contribution in [2.24, 2.45) is 11.7 Å². The summed E-state index contributed by atoms with van der Waals surface area (Å²) in [7, 11) is 0. The zero-order valence-corrected chi connectivity index (χ0v) is 21.6. The van der Waals surface area contributed by atoms with Crippen molar-refractivity contribution in [3.8, 4) is 0 Å². The van der Waals surface area contributed by atoms with Crippen LogP contribution in [0.4, 0.5) is 11.5 Å². The Kier molecular flexibility index (Phi) is 11.1. The van der Waals surface area contributed by atoms with Gasteiger partial charge in [0.1, 0.15) is 17.5 Å². The number of carbonyl (C=O) groups is 3. The Morgan fingerprint density at radius 3 is 2.61 bits per heavy atom. The van der Waals surface area contributed by atoms with Crippen LogP contribution in [0.2, 0.25) is 5.15 Å². The molecule has 1 aliphatic carbocycles. The number of rotatable bonds is 6. The van der Waals surface area contributed by atoms with Gasteiger partial charge < -0.3 is 22.1 Å². The Bertz CT molecular complexity index is 1180. The van der Waals surface area contributed by atoms with Gasteiger partial charge in [-0.1, -0.05) is 31.5 Å². The van der Waals surface area contributed by atoms with Gasteiger partial charge in [0.2, 0.25) is 18.2 Å². The first-order chi connectivity index (χ1) is 17.3. The number of amides is 3.